The summed E-state index contributed by atoms with van der Waals surface area (Å²) >= 11 is 1.37. The van der Waals surface area contributed by atoms with Crippen LogP contribution in [0.4, 0.5) is 9.80 Å². The first-order valence-corrected chi connectivity index (χ1v) is 10.3. The van der Waals surface area contributed by atoms with Crippen LogP contribution in [0.1, 0.15) is 42.2 Å². The molecule has 2 aliphatic carbocycles. The molecule has 2 N–H and O–H groups in total. The molecule has 0 radical (unpaired) electrons. The number of thiophene rings is 1. The zero-order chi connectivity index (χ0) is 20.8. The molecule has 29 heavy (non-hydrogen) atoms. The van der Waals surface area contributed by atoms with Crippen LogP contribution in [-0.4, -0.2) is 47.4 Å². The predicted octanol–water partition coefficient (Wildman–Crippen LogP) is 1.31. The fourth-order valence-electron chi connectivity index (χ4n) is 3.89. The van der Waals surface area contributed by atoms with E-state index in [-0.39, 0.29) is 5.92 Å². The molecule has 0 bridgehead atoms. The van der Waals surface area contributed by atoms with E-state index in [4.69, 9.17) is 4.74 Å². The molecule has 0 unspecified atom stereocenters. The van der Waals surface area contributed by atoms with Gasteiger partial charge in [-0.15, -0.1) is 11.3 Å². The SMILES string of the molecule is C[C@]1(C2CC2)NC(=O)N(CC(=O)OCC(=O)Nc2sc3c(c2C#N)CCC3)C1=O. The molecule has 4 amide bonds. The minimum Gasteiger partial charge on any atom is -0.454 e. The van der Waals surface area contributed by atoms with Crippen LogP contribution < -0.4 is 10.6 Å². The van der Waals surface area contributed by atoms with Gasteiger partial charge in [0.15, 0.2) is 6.61 Å². The molecule has 0 aromatic carbocycles. The van der Waals surface area contributed by atoms with Gasteiger partial charge in [-0.3, -0.25) is 19.3 Å². The highest BCUT2D eigenvalue weighted by Gasteiger charge is 2.56. The van der Waals surface area contributed by atoms with Crippen LogP contribution in [0.2, 0.25) is 0 Å². The van der Waals surface area contributed by atoms with Gasteiger partial charge in [-0.2, -0.15) is 5.26 Å². The van der Waals surface area contributed by atoms with E-state index in [9.17, 15) is 24.4 Å². The van der Waals surface area contributed by atoms with Crippen molar-refractivity contribution in [2.45, 2.75) is 44.6 Å². The van der Waals surface area contributed by atoms with Crippen molar-refractivity contribution in [3.63, 3.8) is 0 Å². The largest absolute Gasteiger partial charge is 0.454 e. The van der Waals surface area contributed by atoms with Gasteiger partial charge in [0.25, 0.3) is 11.8 Å². The molecule has 152 valence electrons. The maximum atomic E-state index is 12.5. The lowest BCUT2D eigenvalue weighted by atomic mass is 9.96. The summed E-state index contributed by atoms with van der Waals surface area (Å²) in [6, 6.07) is 1.50. The minimum absolute atomic E-state index is 0.0903. The molecule has 2 heterocycles. The summed E-state index contributed by atoms with van der Waals surface area (Å²) in [4.78, 5) is 50.7. The molecule has 1 saturated carbocycles. The lowest BCUT2D eigenvalue weighted by molar-refractivity contribution is -0.150. The normalized spacial score (nSPS) is 22.8. The maximum Gasteiger partial charge on any atom is 0.326 e. The van der Waals surface area contributed by atoms with Gasteiger partial charge in [0.1, 0.15) is 23.2 Å². The molecule has 0 spiro atoms. The average molecular weight is 416 g/mol. The predicted molar refractivity (Wildman–Crippen MR) is 102 cm³/mol. The zero-order valence-corrected chi connectivity index (χ0v) is 16.7. The molecule has 1 aromatic rings. The van der Waals surface area contributed by atoms with E-state index in [0.717, 1.165) is 47.4 Å². The number of fused-ring (bicyclic) bond motifs is 1. The number of anilines is 1. The Kier molecular flexibility index (Phi) is 4.78. The first kappa shape index (κ1) is 19.4. The first-order valence-electron chi connectivity index (χ1n) is 9.47. The Balaban J connectivity index is 1.30. The van der Waals surface area contributed by atoms with Gasteiger partial charge in [0.2, 0.25) is 0 Å². The topological polar surface area (TPSA) is 129 Å². The van der Waals surface area contributed by atoms with Gasteiger partial charge >= 0.3 is 12.0 Å². The number of hydrogen-bond acceptors (Lipinski definition) is 7. The van der Waals surface area contributed by atoms with E-state index in [1.54, 1.807) is 6.92 Å². The average Bonchev–Trinajstić information content (AvgIpc) is 3.31. The number of aryl methyl sites for hydroxylation is 1. The Morgan fingerprint density at radius 3 is 2.83 bits per heavy atom. The number of carbonyl (C=O) groups excluding carboxylic acids is 4. The van der Waals surface area contributed by atoms with E-state index in [2.05, 4.69) is 16.7 Å². The third-order valence-electron chi connectivity index (χ3n) is 5.63. The van der Waals surface area contributed by atoms with Crippen molar-refractivity contribution in [2.24, 2.45) is 5.92 Å². The Hall–Kier alpha value is -2.93. The van der Waals surface area contributed by atoms with Crippen LogP contribution in [0.15, 0.2) is 0 Å². The number of rotatable bonds is 6. The molecule has 1 saturated heterocycles. The molecule has 1 atom stereocenters. The number of nitrogens with zero attached hydrogens (tertiary/aromatic N) is 2. The number of carbonyl (C=O) groups is 4. The van der Waals surface area contributed by atoms with E-state index in [1.807, 2.05) is 0 Å². The lowest BCUT2D eigenvalue weighted by Gasteiger charge is -2.20. The van der Waals surface area contributed by atoms with Gasteiger partial charge in [-0.1, -0.05) is 0 Å². The highest BCUT2D eigenvalue weighted by molar-refractivity contribution is 7.16. The molecule has 1 aromatic heterocycles. The Bertz CT molecular complexity index is 961. The van der Waals surface area contributed by atoms with Crippen LogP contribution >= 0.6 is 11.3 Å². The molecule has 2 fully saturated rings. The number of esters is 1. The van der Waals surface area contributed by atoms with Gasteiger partial charge < -0.3 is 15.4 Å². The van der Waals surface area contributed by atoms with Crippen LogP contribution in [0.25, 0.3) is 0 Å². The van der Waals surface area contributed by atoms with Crippen molar-refractivity contribution >= 4 is 40.2 Å². The van der Waals surface area contributed by atoms with Crippen LogP contribution in [0.3, 0.4) is 0 Å². The van der Waals surface area contributed by atoms with E-state index in [0.29, 0.717) is 10.6 Å². The van der Waals surface area contributed by atoms with Crippen molar-refractivity contribution in [2.75, 3.05) is 18.5 Å². The standard InChI is InChI=1S/C19H20N4O5S/c1-19(10-5-6-10)17(26)23(18(27)22-19)8-15(25)28-9-14(24)21-16-12(7-20)11-3-2-4-13(11)29-16/h10H,2-6,8-9H2,1H3,(H,21,24)(H,22,27)/t19-/m1/s1. The quantitative estimate of drug-likeness (QED) is 0.531. The van der Waals surface area contributed by atoms with Gasteiger partial charge in [-0.25, -0.2) is 4.79 Å². The Morgan fingerprint density at radius 2 is 2.14 bits per heavy atom. The van der Waals surface area contributed by atoms with Gasteiger partial charge in [0.05, 0.1) is 5.56 Å². The van der Waals surface area contributed by atoms with Crippen molar-refractivity contribution in [3.8, 4) is 6.07 Å². The molecule has 3 aliphatic rings. The summed E-state index contributed by atoms with van der Waals surface area (Å²) in [6.45, 7) is 0.557. The summed E-state index contributed by atoms with van der Waals surface area (Å²) < 4.78 is 4.93. The van der Waals surface area contributed by atoms with Gasteiger partial charge in [-0.05, 0) is 50.5 Å². The van der Waals surface area contributed by atoms with E-state index in [1.165, 1.54) is 11.3 Å². The molecule has 4 rings (SSSR count). The Morgan fingerprint density at radius 1 is 1.38 bits per heavy atom. The second-order valence-corrected chi connectivity index (χ2v) is 8.79. The fourth-order valence-corrected chi connectivity index (χ4v) is 5.15. The number of imide groups is 1. The first-order chi connectivity index (χ1) is 13.8. The van der Waals surface area contributed by atoms with Crippen molar-refractivity contribution in [1.29, 1.82) is 5.26 Å². The fraction of sp³-hybridized carbons (Fsp3) is 0.526. The molecule has 9 nitrogen and oxygen atoms in total. The molecule has 10 heteroatoms. The number of ether oxygens (including phenoxy) is 1. The summed E-state index contributed by atoms with van der Waals surface area (Å²) in [5.74, 6) is -1.78. The number of nitrogens with one attached hydrogen (secondary N) is 2. The van der Waals surface area contributed by atoms with Crippen LogP contribution in [0, 0.1) is 17.2 Å². The molecule has 1 aliphatic heterocycles. The van der Waals surface area contributed by atoms with E-state index < -0.39 is 42.5 Å². The molecular weight excluding hydrogens is 396 g/mol. The minimum atomic E-state index is -0.970. The van der Waals surface area contributed by atoms with E-state index >= 15 is 0 Å². The molecular formula is C19H20N4O5S. The summed E-state index contributed by atoms with van der Waals surface area (Å²) in [5.41, 5.74) is 0.491. The Labute approximate surface area is 171 Å². The highest BCUT2D eigenvalue weighted by atomic mass is 32.1. The summed E-state index contributed by atoms with van der Waals surface area (Å²) in [5, 5.41) is 15.1. The number of hydrogen-bond donors (Lipinski definition) is 2. The number of urea groups is 1. The van der Waals surface area contributed by atoms with Crippen LogP contribution in [-0.2, 0) is 32.0 Å². The second kappa shape index (κ2) is 7.15. The number of amides is 4. The third-order valence-corrected chi connectivity index (χ3v) is 6.84. The van der Waals surface area contributed by atoms with Gasteiger partial charge in [0, 0.05) is 4.88 Å². The van der Waals surface area contributed by atoms with Crippen molar-refractivity contribution < 1.29 is 23.9 Å². The highest BCUT2D eigenvalue weighted by Crippen LogP contribution is 2.42. The zero-order valence-electron chi connectivity index (χ0n) is 15.9. The van der Waals surface area contributed by atoms with Crippen LogP contribution in [0.5, 0.6) is 0 Å². The number of nitriles is 1. The second-order valence-electron chi connectivity index (χ2n) is 7.68. The monoisotopic (exact) mass is 416 g/mol. The lowest BCUT2D eigenvalue weighted by Crippen LogP contribution is -2.46. The maximum absolute atomic E-state index is 12.5. The third kappa shape index (κ3) is 3.46. The van der Waals surface area contributed by atoms with Crippen molar-refractivity contribution in [3.05, 3.63) is 16.0 Å². The smallest absolute Gasteiger partial charge is 0.326 e. The summed E-state index contributed by atoms with van der Waals surface area (Å²) in [7, 11) is 0. The summed E-state index contributed by atoms with van der Waals surface area (Å²) in [6.07, 6.45) is 4.44. The van der Waals surface area contributed by atoms with Crippen molar-refractivity contribution in [1.82, 2.24) is 10.2 Å².